The number of rotatable bonds is 2. The minimum Gasteiger partial charge on any atom is -0.355 e. The fourth-order valence-electron chi connectivity index (χ4n) is 0.936. The van der Waals surface area contributed by atoms with Gasteiger partial charge in [0.05, 0.1) is 0 Å². The molecule has 70 valence electrons. The van der Waals surface area contributed by atoms with Crippen LogP contribution in [0.4, 0.5) is 4.39 Å². The Balaban J connectivity index is 3.00. The average molecular weight is 202 g/mol. The van der Waals surface area contributed by atoms with Gasteiger partial charge in [-0.05, 0) is 0 Å². The lowest BCUT2D eigenvalue weighted by molar-refractivity contribution is -0.127. The van der Waals surface area contributed by atoms with Gasteiger partial charge in [0.15, 0.2) is 0 Å². The van der Waals surface area contributed by atoms with Crippen LogP contribution in [0, 0.1) is 0 Å². The van der Waals surface area contributed by atoms with Crippen LogP contribution in [-0.2, 0) is 9.92 Å². The van der Waals surface area contributed by atoms with Gasteiger partial charge < -0.3 is 5.32 Å². The lowest BCUT2D eigenvalue weighted by Crippen LogP contribution is -2.34. The van der Waals surface area contributed by atoms with Crippen LogP contribution in [0.5, 0.6) is 0 Å². The van der Waals surface area contributed by atoms with E-state index in [0.29, 0.717) is 0 Å². The number of hydrogen-bond acceptors (Lipinski definition) is 1. The standard InChI is InChI=1S/C9H9ClFNO/c1-12-8(13)9(10,11)7-5-3-2-4-6-7/h2-6H,1H3,(H,12,13). The van der Waals surface area contributed by atoms with Crippen molar-refractivity contribution in [2.45, 2.75) is 5.13 Å². The second kappa shape index (κ2) is 3.75. The van der Waals surface area contributed by atoms with Gasteiger partial charge in [-0.3, -0.25) is 4.79 Å². The second-order valence-corrected chi connectivity index (χ2v) is 3.04. The topological polar surface area (TPSA) is 29.1 Å². The second-order valence-electron chi connectivity index (χ2n) is 2.52. The third-order valence-corrected chi connectivity index (χ3v) is 2.04. The first kappa shape index (κ1) is 9.99. The zero-order valence-corrected chi connectivity index (χ0v) is 7.81. The van der Waals surface area contributed by atoms with Crippen molar-refractivity contribution < 1.29 is 9.18 Å². The SMILES string of the molecule is CNC(=O)C(F)(Cl)c1ccccc1. The van der Waals surface area contributed by atoms with E-state index in [4.69, 9.17) is 11.6 Å². The van der Waals surface area contributed by atoms with Crippen molar-refractivity contribution in [3.8, 4) is 0 Å². The molecular weight excluding hydrogens is 193 g/mol. The summed E-state index contributed by atoms with van der Waals surface area (Å²) in [5, 5.41) is -0.318. The summed E-state index contributed by atoms with van der Waals surface area (Å²) in [5.41, 5.74) is 0.135. The summed E-state index contributed by atoms with van der Waals surface area (Å²) in [5.74, 6) is -0.861. The molecule has 2 nitrogen and oxygen atoms in total. The predicted molar refractivity (Wildman–Crippen MR) is 49.1 cm³/mol. The first-order valence-electron chi connectivity index (χ1n) is 3.74. The minimum atomic E-state index is -2.48. The number of alkyl halides is 2. The lowest BCUT2D eigenvalue weighted by Gasteiger charge is -2.15. The molecule has 13 heavy (non-hydrogen) atoms. The highest BCUT2D eigenvalue weighted by molar-refractivity contribution is 6.33. The Hall–Kier alpha value is -1.09. The molecule has 0 bridgehead atoms. The molecular formula is C9H9ClFNO. The largest absolute Gasteiger partial charge is 0.355 e. The number of halogens is 2. The maximum absolute atomic E-state index is 13.6. The molecule has 4 heteroatoms. The maximum Gasteiger partial charge on any atom is 0.286 e. The molecule has 0 radical (unpaired) electrons. The van der Waals surface area contributed by atoms with Gasteiger partial charge >= 0.3 is 0 Å². The van der Waals surface area contributed by atoms with Gasteiger partial charge in [0.2, 0.25) is 0 Å². The quantitative estimate of drug-likeness (QED) is 0.727. The van der Waals surface area contributed by atoms with Crippen LogP contribution in [0.1, 0.15) is 5.56 Å². The van der Waals surface area contributed by atoms with Crippen molar-refractivity contribution in [3.63, 3.8) is 0 Å². The van der Waals surface area contributed by atoms with E-state index in [9.17, 15) is 9.18 Å². The average Bonchev–Trinajstić information content (AvgIpc) is 2.18. The van der Waals surface area contributed by atoms with Crippen molar-refractivity contribution in [1.29, 1.82) is 0 Å². The number of likely N-dealkylation sites (N-methyl/N-ethyl adjacent to an activating group) is 1. The van der Waals surface area contributed by atoms with Crippen molar-refractivity contribution in [3.05, 3.63) is 35.9 Å². The monoisotopic (exact) mass is 201 g/mol. The Kier molecular flexibility index (Phi) is 2.88. The molecule has 1 aromatic carbocycles. The van der Waals surface area contributed by atoms with Gasteiger partial charge in [0, 0.05) is 12.6 Å². The highest BCUT2D eigenvalue weighted by Crippen LogP contribution is 2.30. The Bertz CT molecular complexity index is 300. The van der Waals surface area contributed by atoms with E-state index >= 15 is 0 Å². The first-order valence-corrected chi connectivity index (χ1v) is 4.12. The Morgan fingerprint density at radius 3 is 2.46 bits per heavy atom. The van der Waals surface area contributed by atoms with Gasteiger partial charge in [-0.2, -0.15) is 0 Å². The van der Waals surface area contributed by atoms with E-state index in [-0.39, 0.29) is 5.56 Å². The first-order chi connectivity index (χ1) is 6.09. The molecule has 0 saturated heterocycles. The normalized spacial score (nSPS) is 14.7. The van der Waals surface area contributed by atoms with Crippen LogP contribution in [0.15, 0.2) is 30.3 Å². The fourth-order valence-corrected chi connectivity index (χ4v) is 1.16. The van der Waals surface area contributed by atoms with E-state index in [1.54, 1.807) is 18.2 Å². The molecule has 0 spiro atoms. The van der Waals surface area contributed by atoms with Crippen molar-refractivity contribution in [1.82, 2.24) is 5.32 Å². The molecule has 1 atom stereocenters. The number of hydrogen-bond donors (Lipinski definition) is 1. The van der Waals surface area contributed by atoms with Crippen LogP contribution in [-0.4, -0.2) is 13.0 Å². The summed E-state index contributed by atoms with van der Waals surface area (Å²) in [6, 6.07) is 7.88. The molecule has 0 fully saturated rings. The zero-order valence-electron chi connectivity index (χ0n) is 7.05. The summed E-state index contributed by atoms with van der Waals surface area (Å²) < 4.78 is 13.6. The van der Waals surface area contributed by atoms with Crippen molar-refractivity contribution in [2.75, 3.05) is 7.05 Å². The molecule has 0 aliphatic carbocycles. The third kappa shape index (κ3) is 1.98. The number of carbonyl (C=O) groups excluding carboxylic acids is 1. The van der Waals surface area contributed by atoms with Gasteiger partial charge in [-0.15, -0.1) is 0 Å². The van der Waals surface area contributed by atoms with Gasteiger partial charge in [0.25, 0.3) is 11.0 Å². The molecule has 0 heterocycles. The molecule has 1 amide bonds. The van der Waals surface area contributed by atoms with E-state index in [0.717, 1.165) is 0 Å². The molecule has 0 aliphatic heterocycles. The zero-order chi connectivity index (χ0) is 9.90. The predicted octanol–water partition coefficient (Wildman–Crippen LogP) is 1.79. The van der Waals surface area contributed by atoms with Crippen LogP contribution >= 0.6 is 11.6 Å². The van der Waals surface area contributed by atoms with Crippen molar-refractivity contribution >= 4 is 17.5 Å². The van der Waals surface area contributed by atoms with Gasteiger partial charge in [0.1, 0.15) is 0 Å². The van der Waals surface area contributed by atoms with E-state index < -0.39 is 11.0 Å². The number of nitrogens with one attached hydrogen (secondary N) is 1. The van der Waals surface area contributed by atoms with E-state index in [1.165, 1.54) is 19.2 Å². The smallest absolute Gasteiger partial charge is 0.286 e. The molecule has 0 aromatic heterocycles. The molecule has 1 aromatic rings. The maximum atomic E-state index is 13.6. The summed E-state index contributed by atoms with van der Waals surface area (Å²) in [4.78, 5) is 11.0. The molecule has 0 saturated carbocycles. The minimum absolute atomic E-state index is 0.135. The highest BCUT2D eigenvalue weighted by Gasteiger charge is 2.37. The lowest BCUT2D eigenvalue weighted by atomic mass is 10.1. The van der Waals surface area contributed by atoms with E-state index in [2.05, 4.69) is 5.32 Å². The summed E-state index contributed by atoms with van der Waals surface area (Å²) in [6.45, 7) is 0. The third-order valence-electron chi connectivity index (χ3n) is 1.65. The highest BCUT2D eigenvalue weighted by atomic mass is 35.5. The van der Waals surface area contributed by atoms with Crippen LogP contribution in [0.2, 0.25) is 0 Å². The van der Waals surface area contributed by atoms with Crippen LogP contribution in [0.3, 0.4) is 0 Å². The molecule has 1 unspecified atom stereocenters. The number of carbonyl (C=O) groups is 1. The summed E-state index contributed by atoms with van der Waals surface area (Å²) >= 11 is 5.43. The van der Waals surface area contributed by atoms with Gasteiger partial charge in [-0.25, -0.2) is 4.39 Å². The Morgan fingerprint density at radius 2 is 2.00 bits per heavy atom. The Morgan fingerprint density at radius 1 is 1.46 bits per heavy atom. The van der Waals surface area contributed by atoms with Crippen molar-refractivity contribution in [2.24, 2.45) is 0 Å². The molecule has 1 rings (SSSR count). The summed E-state index contributed by atoms with van der Waals surface area (Å²) in [6.07, 6.45) is 0. The number of benzene rings is 1. The molecule has 0 aliphatic rings. The van der Waals surface area contributed by atoms with Crippen LogP contribution in [0.25, 0.3) is 0 Å². The van der Waals surface area contributed by atoms with Crippen LogP contribution < -0.4 is 5.32 Å². The molecule has 1 N–H and O–H groups in total. The summed E-state index contributed by atoms with van der Waals surface area (Å²) in [7, 11) is 1.34. The Labute approximate surface area is 80.7 Å². The number of amides is 1. The van der Waals surface area contributed by atoms with E-state index in [1.807, 2.05) is 0 Å². The van der Waals surface area contributed by atoms with Gasteiger partial charge in [-0.1, -0.05) is 41.9 Å². The fraction of sp³-hybridized carbons (Fsp3) is 0.222.